The molecular formula is C12H18N2O4. The van der Waals surface area contributed by atoms with Crippen molar-refractivity contribution < 1.29 is 19.1 Å². The first-order valence-corrected chi connectivity index (χ1v) is 5.69. The predicted octanol–water partition coefficient (Wildman–Crippen LogP) is 1.70. The van der Waals surface area contributed by atoms with Crippen molar-refractivity contribution >= 4 is 12.0 Å². The average molecular weight is 254 g/mol. The van der Waals surface area contributed by atoms with Gasteiger partial charge in [-0.05, 0) is 19.1 Å². The molecule has 18 heavy (non-hydrogen) atoms. The van der Waals surface area contributed by atoms with Crippen LogP contribution in [0, 0.1) is 5.92 Å². The number of nitrogens with one attached hydrogen (secondary N) is 1. The lowest BCUT2D eigenvalue weighted by Crippen LogP contribution is -2.41. The molecule has 0 aromatic carbocycles. The summed E-state index contributed by atoms with van der Waals surface area (Å²) in [5, 5.41) is 11.5. The maximum Gasteiger partial charge on any atom is 0.317 e. The number of rotatable bonds is 5. The van der Waals surface area contributed by atoms with Crippen LogP contribution in [-0.2, 0) is 4.79 Å². The van der Waals surface area contributed by atoms with Gasteiger partial charge in [-0.1, -0.05) is 6.92 Å². The van der Waals surface area contributed by atoms with Crippen LogP contribution in [0.1, 0.15) is 25.6 Å². The molecule has 2 atom stereocenters. The van der Waals surface area contributed by atoms with Gasteiger partial charge in [0.2, 0.25) is 0 Å². The maximum absolute atomic E-state index is 11.8. The van der Waals surface area contributed by atoms with E-state index >= 15 is 0 Å². The highest BCUT2D eigenvalue weighted by atomic mass is 16.4. The van der Waals surface area contributed by atoms with Crippen molar-refractivity contribution in [3.05, 3.63) is 24.2 Å². The topological polar surface area (TPSA) is 82.8 Å². The van der Waals surface area contributed by atoms with Crippen molar-refractivity contribution in [2.45, 2.75) is 19.9 Å². The van der Waals surface area contributed by atoms with Crippen molar-refractivity contribution in [2.24, 2.45) is 5.92 Å². The summed E-state index contributed by atoms with van der Waals surface area (Å²) in [5.41, 5.74) is 0. The maximum atomic E-state index is 11.8. The largest absolute Gasteiger partial charge is 0.481 e. The van der Waals surface area contributed by atoms with E-state index in [4.69, 9.17) is 9.52 Å². The van der Waals surface area contributed by atoms with Crippen LogP contribution in [-0.4, -0.2) is 35.6 Å². The molecule has 1 aromatic heterocycles. The van der Waals surface area contributed by atoms with Gasteiger partial charge in [0.1, 0.15) is 5.76 Å². The summed E-state index contributed by atoms with van der Waals surface area (Å²) >= 11 is 0. The summed E-state index contributed by atoms with van der Waals surface area (Å²) in [4.78, 5) is 23.8. The molecule has 0 radical (unpaired) electrons. The summed E-state index contributed by atoms with van der Waals surface area (Å²) < 4.78 is 5.17. The van der Waals surface area contributed by atoms with Gasteiger partial charge in [0.25, 0.3) is 0 Å². The normalized spacial score (nSPS) is 13.7. The molecule has 1 aromatic rings. The number of aliphatic carboxylic acids is 1. The molecule has 0 aliphatic heterocycles. The Labute approximate surface area is 106 Å². The van der Waals surface area contributed by atoms with Crippen LogP contribution < -0.4 is 5.32 Å². The minimum atomic E-state index is -0.922. The number of furan rings is 1. The first-order chi connectivity index (χ1) is 8.41. The minimum Gasteiger partial charge on any atom is -0.481 e. The molecule has 2 amide bonds. The lowest BCUT2D eigenvalue weighted by Gasteiger charge is -2.22. The SMILES string of the molecule is CC(CN(C)C(=O)NC(C)c1ccco1)C(=O)O. The van der Waals surface area contributed by atoms with E-state index in [0.717, 1.165) is 0 Å². The fourth-order valence-corrected chi connectivity index (χ4v) is 1.48. The number of nitrogens with zero attached hydrogens (tertiary/aromatic N) is 1. The summed E-state index contributed by atoms with van der Waals surface area (Å²) in [5.74, 6) is -0.864. The molecular weight excluding hydrogens is 236 g/mol. The standard InChI is InChI=1S/C12H18N2O4/c1-8(11(15)16)7-14(3)12(17)13-9(2)10-5-4-6-18-10/h4-6,8-9H,7H2,1-3H3,(H,13,17)(H,15,16). The van der Waals surface area contributed by atoms with E-state index in [2.05, 4.69) is 5.32 Å². The molecule has 1 rings (SSSR count). The van der Waals surface area contributed by atoms with Crippen molar-refractivity contribution in [3.8, 4) is 0 Å². The molecule has 6 heteroatoms. The van der Waals surface area contributed by atoms with Crippen molar-refractivity contribution in [2.75, 3.05) is 13.6 Å². The first-order valence-electron chi connectivity index (χ1n) is 5.69. The molecule has 0 fully saturated rings. The zero-order chi connectivity index (χ0) is 13.7. The van der Waals surface area contributed by atoms with E-state index in [9.17, 15) is 9.59 Å². The summed E-state index contributed by atoms with van der Waals surface area (Å²) in [6.07, 6.45) is 1.54. The number of carboxylic acid groups (broad SMARTS) is 1. The summed E-state index contributed by atoms with van der Waals surface area (Å²) in [7, 11) is 1.56. The van der Waals surface area contributed by atoms with Crippen molar-refractivity contribution in [3.63, 3.8) is 0 Å². The zero-order valence-electron chi connectivity index (χ0n) is 10.7. The average Bonchev–Trinajstić information content (AvgIpc) is 2.81. The Bertz CT molecular complexity index is 402. The first kappa shape index (κ1) is 14.1. The third-order valence-corrected chi connectivity index (χ3v) is 2.63. The second-order valence-corrected chi connectivity index (χ2v) is 4.31. The van der Waals surface area contributed by atoms with E-state index in [1.54, 1.807) is 33.0 Å². The second kappa shape index (κ2) is 6.09. The number of hydrogen-bond donors (Lipinski definition) is 2. The van der Waals surface area contributed by atoms with Gasteiger partial charge in [0.15, 0.2) is 0 Å². The van der Waals surface area contributed by atoms with Crippen LogP contribution >= 0.6 is 0 Å². The van der Waals surface area contributed by atoms with E-state index in [-0.39, 0.29) is 18.6 Å². The molecule has 6 nitrogen and oxygen atoms in total. The fraction of sp³-hybridized carbons (Fsp3) is 0.500. The highest BCUT2D eigenvalue weighted by Crippen LogP contribution is 2.12. The smallest absolute Gasteiger partial charge is 0.317 e. The highest BCUT2D eigenvalue weighted by molar-refractivity contribution is 5.76. The molecule has 0 aliphatic carbocycles. The van der Waals surface area contributed by atoms with E-state index in [0.29, 0.717) is 5.76 Å². The number of carboxylic acids is 1. The van der Waals surface area contributed by atoms with Gasteiger partial charge in [0, 0.05) is 13.6 Å². The number of carbonyl (C=O) groups excluding carboxylic acids is 1. The predicted molar refractivity (Wildman–Crippen MR) is 65.1 cm³/mol. The number of amides is 2. The van der Waals surface area contributed by atoms with Crippen molar-refractivity contribution in [1.29, 1.82) is 0 Å². The monoisotopic (exact) mass is 254 g/mol. The number of carbonyl (C=O) groups is 2. The van der Waals surface area contributed by atoms with Crippen LogP contribution in [0.15, 0.2) is 22.8 Å². The van der Waals surface area contributed by atoms with Crippen LogP contribution in [0.25, 0.3) is 0 Å². The van der Waals surface area contributed by atoms with E-state index in [1.807, 2.05) is 0 Å². The summed E-state index contributed by atoms with van der Waals surface area (Å²) in [6, 6.07) is 2.93. The fourth-order valence-electron chi connectivity index (χ4n) is 1.48. The Morgan fingerprint density at radius 3 is 2.67 bits per heavy atom. The Kier molecular flexibility index (Phi) is 4.76. The van der Waals surface area contributed by atoms with E-state index in [1.165, 1.54) is 11.2 Å². The molecule has 100 valence electrons. The summed E-state index contributed by atoms with van der Waals surface area (Å²) in [6.45, 7) is 3.51. The third kappa shape index (κ3) is 3.80. The lowest BCUT2D eigenvalue weighted by atomic mass is 10.2. The zero-order valence-corrected chi connectivity index (χ0v) is 10.7. The van der Waals surface area contributed by atoms with Gasteiger partial charge in [-0.15, -0.1) is 0 Å². The number of hydrogen-bond acceptors (Lipinski definition) is 3. The molecule has 0 saturated heterocycles. The highest BCUT2D eigenvalue weighted by Gasteiger charge is 2.19. The Morgan fingerprint density at radius 1 is 1.50 bits per heavy atom. The van der Waals surface area contributed by atoms with Crippen LogP contribution in [0.3, 0.4) is 0 Å². The second-order valence-electron chi connectivity index (χ2n) is 4.31. The van der Waals surface area contributed by atoms with Gasteiger partial charge in [-0.2, -0.15) is 0 Å². The van der Waals surface area contributed by atoms with Gasteiger partial charge in [-0.25, -0.2) is 4.79 Å². The van der Waals surface area contributed by atoms with Gasteiger partial charge >= 0.3 is 12.0 Å². The Hall–Kier alpha value is -1.98. The van der Waals surface area contributed by atoms with Crippen LogP contribution in [0.4, 0.5) is 4.79 Å². The van der Waals surface area contributed by atoms with E-state index < -0.39 is 11.9 Å². The quantitative estimate of drug-likeness (QED) is 0.837. The Morgan fingerprint density at radius 2 is 2.17 bits per heavy atom. The van der Waals surface area contributed by atoms with Crippen LogP contribution in [0.5, 0.6) is 0 Å². The minimum absolute atomic E-state index is 0.159. The Balaban J connectivity index is 2.47. The third-order valence-electron chi connectivity index (χ3n) is 2.63. The number of urea groups is 1. The molecule has 0 aliphatic rings. The van der Waals surface area contributed by atoms with Crippen molar-refractivity contribution in [1.82, 2.24) is 10.2 Å². The molecule has 2 unspecified atom stereocenters. The molecule has 2 N–H and O–H groups in total. The van der Waals surface area contributed by atoms with Gasteiger partial charge in [-0.3, -0.25) is 4.79 Å². The lowest BCUT2D eigenvalue weighted by molar-refractivity contribution is -0.141. The van der Waals surface area contributed by atoms with Crippen LogP contribution in [0.2, 0.25) is 0 Å². The molecule has 0 saturated carbocycles. The van der Waals surface area contributed by atoms with Gasteiger partial charge in [0.05, 0.1) is 18.2 Å². The molecule has 0 spiro atoms. The molecule has 1 heterocycles. The molecule has 0 bridgehead atoms. The van der Waals surface area contributed by atoms with Gasteiger partial charge < -0.3 is 19.7 Å².